The second-order valence-electron chi connectivity index (χ2n) is 5.85. The molecule has 3 heteroatoms. The molecule has 126 valence electrons. The molecule has 0 amide bonds. The van der Waals surface area contributed by atoms with Gasteiger partial charge in [-0.05, 0) is 60.0 Å². The number of aliphatic imine (C=N–C) groups is 1. The van der Waals surface area contributed by atoms with E-state index in [9.17, 15) is 0 Å². The second-order valence-corrected chi connectivity index (χ2v) is 6.29. The first-order valence-corrected chi connectivity index (χ1v) is 8.64. The number of rotatable bonds is 6. The summed E-state index contributed by atoms with van der Waals surface area (Å²) in [5.41, 5.74) is 3.30. The predicted octanol–water partition coefficient (Wildman–Crippen LogP) is 6.10. The van der Waals surface area contributed by atoms with Crippen molar-refractivity contribution in [1.29, 1.82) is 0 Å². The molecular weight excluding hydrogens is 330 g/mol. The van der Waals surface area contributed by atoms with Crippen molar-refractivity contribution in [2.75, 3.05) is 0 Å². The summed E-state index contributed by atoms with van der Waals surface area (Å²) in [6.07, 6.45) is 1.88. The molecular formula is C22H20ClNO. The number of halogens is 1. The molecule has 0 aliphatic rings. The average molecular weight is 350 g/mol. The number of hydrogen-bond donors (Lipinski definition) is 0. The highest BCUT2D eigenvalue weighted by molar-refractivity contribution is 6.30. The van der Waals surface area contributed by atoms with E-state index in [4.69, 9.17) is 16.3 Å². The minimum atomic E-state index is 0.0627. The molecule has 3 aromatic carbocycles. The van der Waals surface area contributed by atoms with E-state index >= 15 is 0 Å². The number of nitrogens with zero attached hydrogens (tertiary/aromatic N) is 1. The summed E-state index contributed by atoms with van der Waals surface area (Å²) in [5, 5.41) is 0.736. The summed E-state index contributed by atoms with van der Waals surface area (Å²) in [6.45, 7) is 2.62. The quantitative estimate of drug-likeness (QED) is 0.493. The summed E-state index contributed by atoms with van der Waals surface area (Å²) < 4.78 is 5.80. The number of benzene rings is 3. The van der Waals surface area contributed by atoms with Gasteiger partial charge in [0.2, 0.25) is 0 Å². The maximum Gasteiger partial charge on any atom is 0.119 e. The summed E-state index contributed by atoms with van der Waals surface area (Å²) >= 11 is 6.03. The van der Waals surface area contributed by atoms with Gasteiger partial charge in [0, 0.05) is 11.2 Å². The molecule has 0 aliphatic heterocycles. The molecule has 0 saturated heterocycles. The molecule has 0 spiro atoms. The van der Waals surface area contributed by atoms with Crippen LogP contribution >= 0.6 is 11.6 Å². The molecule has 0 aliphatic carbocycles. The molecule has 1 atom stereocenters. The van der Waals surface area contributed by atoms with Crippen LogP contribution in [0.15, 0.2) is 83.9 Å². The molecule has 2 nitrogen and oxygen atoms in total. The maximum absolute atomic E-state index is 6.03. The number of ether oxygens (including phenoxy) is 1. The van der Waals surface area contributed by atoms with Crippen LogP contribution in [0.1, 0.15) is 29.7 Å². The number of hydrogen-bond acceptors (Lipinski definition) is 2. The van der Waals surface area contributed by atoms with Crippen molar-refractivity contribution in [3.05, 3.63) is 101 Å². The Balaban J connectivity index is 1.58. The van der Waals surface area contributed by atoms with Crippen molar-refractivity contribution in [2.24, 2.45) is 4.99 Å². The van der Waals surface area contributed by atoms with Crippen molar-refractivity contribution in [1.82, 2.24) is 0 Å². The smallest absolute Gasteiger partial charge is 0.119 e. The fourth-order valence-electron chi connectivity index (χ4n) is 2.44. The molecule has 0 aromatic heterocycles. The Morgan fingerprint density at radius 2 is 1.72 bits per heavy atom. The van der Waals surface area contributed by atoms with Gasteiger partial charge in [-0.25, -0.2) is 0 Å². The Labute approximate surface area is 153 Å². The molecule has 25 heavy (non-hydrogen) atoms. The van der Waals surface area contributed by atoms with Gasteiger partial charge in [0.25, 0.3) is 0 Å². The SMILES string of the molecule is CC(/N=C\c1ccc(OCc2ccccc2)cc1)c1cccc(Cl)c1. The zero-order valence-electron chi connectivity index (χ0n) is 14.1. The van der Waals surface area contributed by atoms with Crippen molar-refractivity contribution in [2.45, 2.75) is 19.6 Å². The van der Waals surface area contributed by atoms with Crippen LogP contribution in [-0.4, -0.2) is 6.21 Å². The summed E-state index contributed by atoms with van der Waals surface area (Å²) in [7, 11) is 0. The van der Waals surface area contributed by atoms with E-state index in [-0.39, 0.29) is 6.04 Å². The van der Waals surface area contributed by atoms with Crippen LogP contribution in [0.3, 0.4) is 0 Å². The topological polar surface area (TPSA) is 21.6 Å². The molecule has 3 aromatic rings. The lowest BCUT2D eigenvalue weighted by atomic mass is 10.1. The van der Waals surface area contributed by atoms with E-state index < -0.39 is 0 Å². The lowest BCUT2D eigenvalue weighted by Crippen LogP contribution is -1.95. The lowest BCUT2D eigenvalue weighted by molar-refractivity contribution is 0.306. The maximum atomic E-state index is 6.03. The van der Waals surface area contributed by atoms with E-state index in [0.29, 0.717) is 6.61 Å². The monoisotopic (exact) mass is 349 g/mol. The van der Waals surface area contributed by atoms with Crippen LogP contribution in [0, 0.1) is 0 Å². The fourth-order valence-corrected chi connectivity index (χ4v) is 2.64. The Morgan fingerprint density at radius 3 is 2.44 bits per heavy atom. The lowest BCUT2D eigenvalue weighted by Gasteiger charge is -2.08. The van der Waals surface area contributed by atoms with Gasteiger partial charge in [-0.3, -0.25) is 4.99 Å². The molecule has 3 rings (SSSR count). The third-order valence-corrected chi connectivity index (χ3v) is 4.14. The largest absolute Gasteiger partial charge is 0.489 e. The highest BCUT2D eigenvalue weighted by Gasteiger charge is 2.03. The van der Waals surface area contributed by atoms with Crippen LogP contribution in [0.2, 0.25) is 5.02 Å². The first kappa shape index (κ1) is 17.2. The Hall–Kier alpha value is -2.58. The van der Waals surface area contributed by atoms with Gasteiger partial charge >= 0.3 is 0 Å². The Bertz CT molecular complexity index is 828. The van der Waals surface area contributed by atoms with Crippen molar-refractivity contribution >= 4 is 17.8 Å². The standard InChI is InChI=1S/C22H20ClNO/c1-17(20-8-5-9-21(23)14-20)24-15-18-10-12-22(13-11-18)25-16-19-6-3-2-4-7-19/h2-15,17H,16H2,1H3/b24-15-. The summed E-state index contributed by atoms with van der Waals surface area (Å²) in [5.74, 6) is 0.851. The zero-order valence-corrected chi connectivity index (χ0v) is 14.9. The van der Waals surface area contributed by atoms with Crippen LogP contribution in [-0.2, 0) is 6.61 Å². The van der Waals surface area contributed by atoms with Crippen LogP contribution in [0.25, 0.3) is 0 Å². The second kappa shape index (κ2) is 8.50. The van der Waals surface area contributed by atoms with E-state index in [1.807, 2.05) is 72.9 Å². The van der Waals surface area contributed by atoms with E-state index in [1.165, 1.54) is 0 Å². The average Bonchev–Trinajstić information content (AvgIpc) is 2.66. The van der Waals surface area contributed by atoms with E-state index in [0.717, 1.165) is 27.5 Å². The highest BCUT2D eigenvalue weighted by Crippen LogP contribution is 2.20. The predicted molar refractivity (Wildman–Crippen MR) is 105 cm³/mol. The van der Waals surface area contributed by atoms with Gasteiger partial charge in [-0.2, -0.15) is 0 Å². The molecule has 0 heterocycles. The molecule has 0 bridgehead atoms. The van der Waals surface area contributed by atoms with E-state index in [2.05, 4.69) is 24.0 Å². The van der Waals surface area contributed by atoms with Gasteiger partial charge in [0.05, 0.1) is 6.04 Å². The normalized spacial score (nSPS) is 12.2. The molecule has 0 N–H and O–H groups in total. The summed E-state index contributed by atoms with van der Waals surface area (Å²) in [4.78, 5) is 4.60. The molecule has 0 radical (unpaired) electrons. The van der Waals surface area contributed by atoms with Crippen LogP contribution in [0.4, 0.5) is 0 Å². The first-order chi connectivity index (χ1) is 12.2. The molecule has 0 fully saturated rings. The van der Waals surface area contributed by atoms with Crippen LogP contribution in [0.5, 0.6) is 5.75 Å². The van der Waals surface area contributed by atoms with Gasteiger partial charge in [-0.1, -0.05) is 54.1 Å². The fraction of sp³-hybridized carbons (Fsp3) is 0.136. The van der Waals surface area contributed by atoms with Crippen molar-refractivity contribution in [3.8, 4) is 5.75 Å². The summed E-state index contributed by atoms with van der Waals surface area (Å²) in [6, 6.07) is 26.0. The molecule has 1 unspecified atom stereocenters. The first-order valence-electron chi connectivity index (χ1n) is 8.26. The third kappa shape index (κ3) is 5.20. The highest BCUT2D eigenvalue weighted by atomic mass is 35.5. The van der Waals surface area contributed by atoms with Crippen molar-refractivity contribution in [3.63, 3.8) is 0 Å². The molecule has 0 saturated carbocycles. The van der Waals surface area contributed by atoms with Gasteiger partial charge < -0.3 is 4.74 Å². The van der Waals surface area contributed by atoms with Gasteiger partial charge in [0.15, 0.2) is 0 Å². The Kier molecular flexibility index (Phi) is 5.86. The van der Waals surface area contributed by atoms with E-state index in [1.54, 1.807) is 0 Å². The van der Waals surface area contributed by atoms with Gasteiger partial charge in [0.1, 0.15) is 12.4 Å². The van der Waals surface area contributed by atoms with Crippen molar-refractivity contribution < 1.29 is 4.74 Å². The minimum absolute atomic E-state index is 0.0627. The van der Waals surface area contributed by atoms with Crippen LogP contribution < -0.4 is 4.74 Å². The third-order valence-electron chi connectivity index (χ3n) is 3.91. The Morgan fingerprint density at radius 1 is 0.960 bits per heavy atom. The minimum Gasteiger partial charge on any atom is -0.489 e. The van der Waals surface area contributed by atoms with Gasteiger partial charge in [-0.15, -0.1) is 0 Å². The zero-order chi connectivity index (χ0) is 17.5.